The lowest BCUT2D eigenvalue weighted by atomic mass is 9.82. The minimum atomic E-state index is 0.512. The third kappa shape index (κ3) is 4.35. The molecule has 9 rings (SSSR count). The molecule has 0 atom stereocenters. The minimum absolute atomic E-state index is 0.512. The molecular formula is C46H27N3. The van der Waals surface area contributed by atoms with Gasteiger partial charge in [0.15, 0.2) is 0 Å². The fourth-order valence-corrected chi connectivity index (χ4v) is 7.66. The molecular weight excluding hydrogens is 595 g/mol. The van der Waals surface area contributed by atoms with Gasteiger partial charge in [0.05, 0.1) is 34.3 Å². The van der Waals surface area contributed by atoms with Gasteiger partial charge in [-0.05, 0) is 74.1 Å². The maximum absolute atomic E-state index is 10.7. The Balaban J connectivity index is 1.34. The number of aromatic nitrogens is 1. The molecule has 8 aromatic carbocycles. The lowest BCUT2D eigenvalue weighted by Gasteiger charge is -2.21. The van der Waals surface area contributed by atoms with Crippen LogP contribution in [-0.2, 0) is 0 Å². The monoisotopic (exact) mass is 621 g/mol. The van der Waals surface area contributed by atoms with Crippen molar-refractivity contribution in [2.75, 3.05) is 0 Å². The van der Waals surface area contributed by atoms with E-state index in [2.05, 4.69) is 138 Å². The van der Waals surface area contributed by atoms with E-state index in [9.17, 15) is 10.5 Å². The van der Waals surface area contributed by atoms with Crippen LogP contribution in [0.15, 0.2) is 164 Å². The second-order valence-corrected chi connectivity index (χ2v) is 12.3. The molecule has 3 nitrogen and oxygen atoms in total. The highest BCUT2D eigenvalue weighted by Crippen LogP contribution is 2.47. The molecule has 0 amide bonds. The SMILES string of the molecule is N#Cc1cc(-n2c3ccccc3c3ccccc32)ccc1-c1c(C#N)cccc1-c1c2ccccc2c(-c2ccccc2)c2ccccc12. The number of para-hydroxylation sites is 2. The van der Waals surface area contributed by atoms with Gasteiger partial charge in [-0.15, -0.1) is 0 Å². The van der Waals surface area contributed by atoms with Crippen molar-refractivity contribution in [1.82, 2.24) is 4.57 Å². The number of hydrogen-bond acceptors (Lipinski definition) is 2. The Morgan fingerprint density at radius 1 is 0.367 bits per heavy atom. The van der Waals surface area contributed by atoms with E-state index in [-0.39, 0.29) is 0 Å². The van der Waals surface area contributed by atoms with Crippen molar-refractivity contribution in [3.8, 4) is 51.2 Å². The number of benzene rings is 8. The van der Waals surface area contributed by atoms with E-state index >= 15 is 0 Å². The molecule has 3 heteroatoms. The lowest BCUT2D eigenvalue weighted by molar-refractivity contribution is 1.18. The fraction of sp³-hybridized carbons (Fsp3) is 0. The molecule has 0 N–H and O–H groups in total. The van der Waals surface area contributed by atoms with E-state index in [0.717, 1.165) is 76.9 Å². The second kappa shape index (κ2) is 11.4. The number of nitrogens with zero attached hydrogens (tertiary/aromatic N) is 3. The normalized spacial score (nSPS) is 11.2. The highest BCUT2D eigenvalue weighted by molar-refractivity contribution is 6.22. The summed E-state index contributed by atoms with van der Waals surface area (Å²) in [6.45, 7) is 0. The predicted molar refractivity (Wildman–Crippen MR) is 202 cm³/mol. The zero-order valence-corrected chi connectivity index (χ0v) is 26.4. The summed E-state index contributed by atoms with van der Waals surface area (Å²) in [7, 11) is 0. The highest BCUT2D eigenvalue weighted by atomic mass is 15.0. The average molecular weight is 622 g/mol. The van der Waals surface area contributed by atoms with Gasteiger partial charge in [0.1, 0.15) is 0 Å². The van der Waals surface area contributed by atoms with Crippen molar-refractivity contribution in [3.63, 3.8) is 0 Å². The lowest BCUT2D eigenvalue weighted by Crippen LogP contribution is -1.98. The van der Waals surface area contributed by atoms with Crippen molar-refractivity contribution in [3.05, 3.63) is 175 Å². The van der Waals surface area contributed by atoms with Crippen molar-refractivity contribution in [2.24, 2.45) is 0 Å². The van der Waals surface area contributed by atoms with Crippen molar-refractivity contribution in [1.29, 1.82) is 10.5 Å². The van der Waals surface area contributed by atoms with Crippen LogP contribution in [0.5, 0.6) is 0 Å². The Hall–Kier alpha value is -6.94. The summed E-state index contributed by atoms with van der Waals surface area (Å²) in [5, 5.41) is 28.0. The second-order valence-electron chi connectivity index (χ2n) is 12.3. The van der Waals surface area contributed by atoms with Gasteiger partial charge in [-0.1, -0.05) is 133 Å². The third-order valence-electron chi connectivity index (χ3n) is 9.68. The Morgan fingerprint density at radius 2 is 0.878 bits per heavy atom. The maximum Gasteiger partial charge on any atom is 0.0998 e. The van der Waals surface area contributed by atoms with E-state index in [1.807, 2.05) is 42.5 Å². The summed E-state index contributed by atoms with van der Waals surface area (Å²) < 4.78 is 2.22. The van der Waals surface area contributed by atoms with E-state index in [4.69, 9.17) is 0 Å². The van der Waals surface area contributed by atoms with E-state index < -0.39 is 0 Å². The Bertz CT molecular complexity index is 2740. The number of rotatable bonds is 4. The maximum atomic E-state index is 10.7. The molecule has 49 heavy (non-hydrogen) atoms. The van der Waals surface area contributed by atoms with Gasteiger partial charge in [-0.2, -0.15) is 10.5 Å². The molecule has 0 aliphatic carbocycles. The molecule has 0 aliphatic heterocycles. The van der Waals surface area contributed by atoms with Crippen LogP contribution >= 0.6 is 0 Å². The predicted octanol–water partition coefficient (Wildman–Crippen LogP) is 11.8. The summed E-state index contributed by atoms with van der Waals surface area (Å²) >= 11 is 0. The Morgan fingerprint density at radius 3 is 1.45 bits per heavy atom. The van der Waals surface area contributed by atoms with Crippen LogP contribution < -0.4 is 0 Å². The summed E-state index contributed by atoms with van der Waals surface area (Å²) in [5.41, 5.74) is 9.90. The first-order valence-electron chi connectivity index (χ1n) is 16.3. The minimum Gasteiger partial charge on any atom is -0.309 e. The average Bonchev–Trinajstić information content (AvgIpc) is 3.51. The molecule has 0 spiro atoms. The summed E-state index contributed by atoms with van der Waals surface area (Å²) in [6.07, 6.45) is 0. The smallest absolute Gasteiger partial charge is 0.0998 e. The van der Waals surface area contributed by atoms with Crippen LogP contribution in [0.2, 0.25) is 0 Å². The summed E-state index contributed by atoms with van der Waals surface area (Å²) in [6, 6.07) is 61.2. The van der Waals surface area contributed by atoms with Crippen LogP contribution in [0.1, 0.15) is 11.1 Å². The van der Waals surface area contributed by atoms with Gasteiger partial charge >= 0.3 is 0 Å². The van der Waals surface area contributed by atoms with Crippen molar-refractivity contribution < 1.29 is 0 Å². The van der Waals surface area contributed by atoms with Crippen LogP contribution in [0.25, 0.3) is 82.4 Å². The largest absolute Gasteiger partial charge is 0.309 e. The standard InChI is InChI=1S/C46H27N3/c47-28-31-15-12-22-41(46-39-20-6-4-18-37(39)44(30-13-2-1-3-14-30)38-19-5-7-21-40(38)46)45(31)34-26-25-33(27-32(34)29-48)49-42-23-10-8-16-35(42)36-17-9-11-24-43(36)49/h1-27H. The highest BCUT2D eigenvalue weighted by Gasteiger charge is 2.22. The number of nitriles is 2. The number of hydrogen-bond donors (Lipinski definition) is 0. The van der Waals surface area contributed by atoms with Crippen LogP contribution in [0, 0.1) is 22.7 Å². The Labute approximate surface area is 283 Å². The molecule has 0 unspecified atom stereocenters. The molecule has 1 heterocycles. The van der Waals surface area contributed by atoms with Crippen LogP contribution in [-0.4, -0.2) is 4.57 Å². The Kier molecular flexibility index (Phi) is 6.58. The van der Waals surface area contributed by atoms with Crippen molar-refractivity contribution >= 4 is 43.4 Å². The van der Waals surface area contributed by atoms with Gasteiger partial charge in [0.25, 0.3) is 0 Å². The van der Waals surface area contributed by atoms with Gasteiger partial charge in [-0.3, -0.25) is 0 Å². The van der Waals surface area contributed by atoms with Gasteiger partial charge in [0, 0.05) is 27.6 Å². The summed E-state index contributed by atoms with van der Waals surface area (Å²) in [5.74, 6) is 0. The topological polar surface area (TPSA) is 52.5 Å². The first-order chi connectivity index (χ1) is 24.3. The molecule has 0 fully saturated rings. The quantitative estimate of drug-likeness (QED) is 0.184. The molecule has 1 aromatic heterocycles. The summed E-state index contributed by atoms with van der Waals surface area (Å²) in [4.78, 5) is 0. The van der Waals surface area contributed by atoms with Gasteiger partial charge in [-0.25, -0.2) is 0 Å². The molecule has 0 bridgehead atoms. The molecule has 0 radical (unpaired) electrons. The van der Waals surface area contributed by atoms with Gasteiger partial charge < -0.3 is 4.57 Å². The third-order valence-corrected chi connectivity index (χ3v) is 9.68. The van der Waals surface area contributed by atoms with Crippen LogP contribution in [0.4, 0.5) is 0 Å². The first kappa shape index (κ1) is 28.3. The van der Waals surface area contributed by atoms with Crippen LogP contribution in [0.3, 0.4) is 0 Å². The fourth-order valence-electron chi connectivity index (χ4n) is 7.66. The van der Waals surface area contributed by atoms with E-state index in [1.165, 1.54) is 5.56 Å². The van der Waals surface area contributed by atoms with E-state index in [1.54, 1.807) is 0 Å². The van der Waals surface area contributed by atoms with Gasteiger partial charge in [0.2, 0.25) is 0 Å². The molecule has 0 saturated carbocycles. The molecule has 9 aromatic rings. The molecule has 0 aliphatic rings. The molecule has 0 saturated heterocycles. The zero-order chi connectivity index (χ0) is 32.9. The van der Waals surface area contributed by atoms with E-state index in [0.29, 0.717) is 11.1 Å². The molecule has 226 valence electrons. The van der Waals surface area contributed by atoms with Crippen molar-refractivity contribution in [2.45, 2.75) is 0 Å². The number of fused-ring (bicyclic) bond motifs is 5. The zero-order valence-electron chi connectivity index (χ0n) is 26.4. The first-order valence-corrected chi connectivity index (χ1v) is 16.3.